The van der Waals surface area contributed by atoms with E-state index in [0.29, 0.717) is 17.5 Å². The number of hydrogen-bond acceptors (Lipinski definition) is 3. The highest BCUT2D eigenvalue weighted by atomic mass is 15.0. The van der Waals surface area contributed by atoms with Crippen molar-refractivity contribution in [3.8, 4) is 51.0 Å². The van der Waals surface area contributed by atoms with Gasteiger partial charge in [-0.2, -0.15) is 0 Å². The summed E-state index contributed by atoms with van der Waals surface area (Å²) in [7, 11) is 0. The van der Waals surface area contributed by atoms with Crippen LogP contribution in [0, 0.1) is 0 Å². The highest BCUT2D eigenvalue weighted by Crippen LogP contribution is 2.39. The second-order valence-electron chi connectivity index (χ2n) is 12.9. The Balaban J connectivity index is 1.20. The summed E-state index contributed by atoms with van der Waals surface area (Å²) in [5.41, 5.74) is 8.54. The van der Waals surface area contributed by atoms with Gasteiger partial charge in [0.2, 0.25) is 0 Å². The van der Waals surface area contributed by atoms with Crippen LogP contribution in [0.2, 0.25) is 0 Å². The Morgan fingerprint density at radius 3 is 1.49 bits per heavy atom. The van der Waals surface area contributed by atoms with Gasteiger partial charge in [-0.1, -0.05) is 164 Å². The zero-order valence-corrected chi connectivity index (χ0v) is 27.6. The fourth-order valence-electron chi connectivity index (χ4n) is 7.38. The molecule has 0 fully saturated rings. The molecule has 0 atom stereocenters. The molecule has 10 aromatic rings. The number of aromatic nitrogens is 4. The summed E-state index contributed by atoms with van der Waals surface area (Å²) in [5, 5.41) is 7.29. The molecule has 238 valence electrons. The third-order valence-electron chi connectivity index (χ3n) is 9.84. The van der Waals surface area contributed by atoms with E-state index in [1.807, 2.05) is 36.4 Å². The molecule has 0 radical (unpaired) electrons. The van der Waals surface area contributed by atoms with Crippen molar-refractivity contribution in [3.05, 3.63) is 182 Å². The first-order valence-corrected chi connectivity index (χ1v) is 17.2. The molecule has 2 aromatic heterocycles. The maximum atomic E-state index is 5.12. The van der Waals surface area contributed by atoms with Gasteiger partial charge in [0.05, 0.1) is 16.7 Å². The van der Waals surface area contributed by atoms with E-state index in [1.165, 1.54) is 37.9 Å². The molecule has 0 amide bonds. The lowest BCUT2D eigenvalue weighted by Crippen LogP contribution is -2.00. The standard InChI is InChI=1S/C47H30N4/c1-3-13-31(14-4-1)32-23-25-34(26-24-32)46-48-45(33-15-5-2-6-16-33)49-47(50-46)36-27-28-41-40-21-11-12-22-42(40)51(44(41)30-36)43-29-35-17-7-8-18-37(35)38-19-9-10-20-39(38)43/h1-30H. The third kappa shape index (κ3) is 4.96. The molecule has 2 heterocycles. The Morgan fingerprint density at radius 2 is 0.765 bits per heavy atom. The summed E-state index contributed by atoms with van der Waals surface area (Å²) in [6.45, 7) is 0. The summed E-state index contributed by atoms with van der Waals surface area (Å²) < 4.78 is 2.41. The Morgan fingerprint density at radius 1 is 0.294 bits per heavy atom. The topological polar surface area (TPSA) is 43.6 Å². The number of para-hydroxylation sites is 1. The molecule has 0 aliphatic carbocycles. The van der Waals surface area contributed by atoms with Crippen molar-refractivity contribution in [2.45, 2.75) is 0 Å². The van der Waals surface area contributed by atoms with Gasteiger partial charge in [-0.15, -0.1) is 0 Å². The van der Waals surface area contributed by atoms with Crippen LogP contribution in [-0.2, 0) is 0 Å². The van der Waals surface area contributed by atoms with Gasteiger partial charge in [0.15, 0.2) is 17.5 Å². The second-order valence-corrected chi connectivity index (χ2v) is 12.9. The number of nitrogens with zero attached hydrogens (tertiary/aromatic N) is 4. The van der Waals surface area contributed by atoms with E-state index in [0.717, 1.165) is 39.0 Å². The minimum Gasteiger partial charge on any atom is -0.309 e. The lowest BCUT2D eigenvalue weighted by molar-refractivity contribution is 1.07. The molecular weight excluding hydrogens is 621 g/mol. The predicted molar refractivity (Wildman–Crippen MR) is 211 cm³/mol. The molecule has 0 N–H and O–H groups in total. The smallest absolute Gasteiger partial charge is 0.164 e. The Hall–Kier alpha value is -6.91. The Kier molecular flexibility index (Phi) is 6.78. The zero-order valence-electron chi connectivity index (χ0n) is 27.6. The fourth-order valence-corrected chi connectivity index (χ4v) is 7.38. The van der Waals surface area contributed by atoms with Crippen molar-refractivity contribution in [1.82, 2.24) is 19.5 Å². The van der Waals surface area contributed by atoms with E-state index < -0.39 is 0 Å². The molecule has 10 rings (SSSR count). The first-order valence-electron chi connectivity index (χ1n) is 17.2. The van der Waals surface area contributed by atoms with Crippen molar-refractivity contribution in [3.63, 3.8) is 0 Å². The summed E-state index contributed by atoms with van der Waals surface area (Å²) >= 11 is 0. The van der Waals surface area contributed by atoms with Gasteiger partial charge in [0.1, 0.15) is 0 Å². The van der Waals surface area contributed by atoms with Crippen molar-refractivity contribution < 1.29 is 0 Å². The summed E-state index contributed by atoms with van der Waals surface area (Å²) in [4.78, 5) is 15.2. The molecular formula is C47H30N4. The first kappa shape index (κ1) is 29.0. The van der Waals surface area contributed by atoms with Crippen LogP contribution >= 0.6 is 0 Å². The lowest BCUT2D eigenvalue weighted by atomic mass is 10.00. The van der Waals surface area contributed by atoms with E-state index in [1.54, 1.807) is 0 Å². The molecule has 0 spiro atoms. The van der Waals surface area contributed by atoms with Crippen molar-refractivity contribution >= 4 is 43.4 Å². The van der Waals surface area contributed by atoms with E-state index in [2.05, 4.69) is 150 Å². The number of fused-ring (bicyclic) bond motifs is 6. The number of rotatable bonds is 5. The molecule has 51 heavy (non-hydrogen) atoms. The summed E-state index contributed by atoms with van der Waals surface area (Å²) in [5.74, 6) is 1.91. The molecule has 0 aliphatic rings. The average Bonchev–Trinajstić information content (AvgIpc) is 3.54. The molecule has 0 aliphatic heterocycles. The van der Waals surface area contributed by atoms with Crippen LogP contribution in [0.5, 0.6) is 0 Å². The predicted octanol–water partition coefficient (Wildman–Crippen LogP) is 11.9. The van der Waals surface area contributed by atoms with Crippen LogP contribution in [-0.4, -0.2) is 19.5 Å². The second kappa shape index (κ2) is 11.9. The van der Waals surface area contributed by atoms with Crippen LogP contribution in [0.1, 0.15) is 0 Å². The summed E-state index contributed by atoms with van der Waals surface area (Å²) in [6.07, 6.45) is 0. The lowest BCUT2D eigenvalue weighted by Gasteiger charge is -2.15. The minimum absolute atomic E-state index is 0.632. The minimum atomic E-state index is 0.632. The maximum Gasteiger partial charge on any atom is 0.164 e. The Labute approximate surface area is 295 Å². The first-order chi connectivity index (χ1) is 25.3. The molecule has 4 heteroatoms. The number of hydrogen-bond donors (Lipinski definition) is 0. The molecule has 0 bridgehead atoms. The monoisotopic (exact) mass is 650 g/mol. The van der Waals surface area contributed by atoms with Gasteiger partial charge in [-0.3, -0.25) is 0 Å². The van der Waals surface area contributed by atoms with E-state index in [-0.39, 0.29) is 0 Å². The highest BCUT2D eigenvalue weighted by Gasteiger charge is 2.18. The highest BCUT2D eigenvalue weighted by molar-refractivity contribution is 6.15. The van der Waals surface area contributed by atoms with Gasteiger partial charge < -0.3 is 4.57 Å². The normalized spacial score (nSPS) is 11.5. The SMILES string of the molecule is c1ccc(-c2ccc(-c3nc(-c4ccccc4)nc(-c4ccc5c6ccccc6n(-c6cc7ccccc7c7ccccc67)c5c4)n3)cc2)cc1. The molecule has 4 nitrogen and oxygen atoms in total. The van der Waals surface area contributed by atoms with Gasteiger partial charge in [0, 0.05) is 32.8 Å². The van der Waals surface area contributed by atoms with Crippen molar-refractivity contribution in [1.29, 1.82) is 0 Å². The molecule has 0 saturated heterocycles. The van der Waals surface area contributed by atoms with Gasteiger partial charge in [0.25, 0.3) is 0 Å². The van der Waals surface area contributed by atoms with E-state index in [9.17, 15) is 0 Å². The van der Waals surface area contributed by atoms with Crippen LogP contribution in [0.3, 0.4) is 0 Å². The van der Waals surface area contributed by atoms with E-state index >= 15 is 0 Å². The van der Waals surface area contributed by atoms with Crippen LogP contribution in [0.25, 0.3) is 94.3 Å². The quantitative estimate of drug-likeness (QED) is 0.174. The molecule has 0 unspecified atom stereocenters. The molecule has 0 saturated carbocycles. The van der Waals surface area contributed by atoms with Gasteiger partial charge in [-0.05, 0) is 45.5 Å². The fraction of sp³-hybridized carbons (Fsp3) is 0. The van der Waals surface area contributed by atoms with E-state index in [4.69, 9.17) is 15.0 Å². The largest absolute Gasteiger partial charge is 0.309 e. The summed E-state index contributed by atoms with van der Waals surface area (Å²) in [6, 6.07) is 64.0. The van der Waals surface area contributed by atoms with Gasteiger partial charge >= 0.3 is 0 Å². The molecule has 8 aromatic carbocycles. The van der Waals surface area contributed by atoms with Crippen LogP contribution in [0.4, 0.5) is 0 Å². The van der Waals surface area contributed by atoms with Crippen LogP contribution < -0.4 is 0 Å². The van der Waals surface area contributed by atoms with Crippen LogP contribution in [0.15, 0.2) is 182 Å². The third-order valence-corrected chi connectivity index (χ3v) is 9.84. The average molecular weight is 651 g/mol. The van der Waals surface area contributed by atoms with Gasteiger partial charge in [-0.25, -0.2) is 15.0 Å². The maximum absolute atomic E-state index is 5.12. The van der Waals surface area contributed by atoms with Crippen molar-refractivity contribution in [2.75, 3.05) is 0 Å². The number of benzene rings is 8. The van der Waals surface area contributed by atoms with Crippen molar-refractivity contribution in [2.24, 2.45) is 0 Å². The Bertz CT molecular complexity index is 2890. The zero-order chi connectivity index (χ0) is 33.7.